The molecule has 4 heterocycles. The molecule has 0 atom stereocenters. The number of amides is 2. The Kier molecular flexibility index (Phi) is 5.05. The molecular formula is C24H25N5O3. The number of benzene rings is 1. The van der Waals surface area contributed by atoms with Crippen LogP contribution in [0.4, 0.5) is 0 Å². The lowest BCUT2D eigenvalue weighted by molar-refractivity contribution is -0.118. The lowest BCUT2D eigenvalue weighted by Crippen LogP contribution is -2.42. The zero-order chi connectivity index (χ0) is 22.2. The Morgan fingerprint density at radius 2 is 1.91 bits per heavy atom. The number of ether oxygens (including phenoxy) is 1. The molecule has 4 aromatic rings. The minimum atomic E-state index is -0.382. The van der Waals surface area contributed by atoms with Gasteiger partial charge in [0.2, 0.25) is 5.91 Å². The van der Waals surface area contributed by atoms with Gasteiger partial charge in [-0.05, 0) is 37.3 Å². The molecule has 3 aromatic heterocycles. The van der Waals surface area contributed by atoms with Crippen molar-refractivity contribution in [2.75, 3.05) is 13.1 Å². The molecule has 1 aromatic carbocycles. The molecule has 0 radical (unpaired) electrons. The highest BCUT2D eigenvalue weighted by atomic mass is 16.5. The maximum atomic E-state index is 13.2. The van der Waals surface area contributed by atoms with Gasteiger partial charge in [-0.25, -0.2) is 4.98 Å². The average Bonchev–Trinajstić information content (AvgIpc) is 3.34. The molecule has 0 aliphatic carbocycles. The number of pyridine rings is 1. The Labute approximate surface area is 185 Å². The van der Waals surface area contributed by atoms with Crippen LogP contribution in [0, 0.1) is 6.92 Å². The molecule has 1 aliphatic heterocycles. The van der Waals surface area contributed by atoms with E-state index in [0.717, 1.165) is 40.8 Å². The molecule has 0 saturated carbocycles. The second kappa shape index (κ2) is 8.03. The van der Waals surface area contributed by atoms with Crippen LogP contribution in [-0.2, 0) is 11.3 Å². The Bertz CT molecular complexity index is 1310. The molecule has 164 valence electrons. The third-order valence-electron chi connectivity index (χ3n) is 6.03. The predicted molar refractivity (Wildman–Crippen MR) is 121 cm³/mol. The van der Waals surface area contributed by atoms with E-state index >= 15 is 0 Å². The third kappa shape index (κ3) is 3.57. The van der Waals surface area contributed by atoms with E-state index in [9.17, 15) is 9.59 Å². The van der Waals surface area contributed by atoms with Crippen LogP contribution in [-0.4, -0.2) is 49.9 Å². The Balaban J connectivity index is 1.28. The summed E-state index contributed by atoms with van der Waals surface area (Å²) in [7, 11) is 0. The first-order chi connectivity index (χ1) is 15.5. The SMILES string of the molecule is Cc1nc2ccccn2c1C(=O)N1CCC(Oc2cccc3c2ccn3CC(N)=O)CC1. The fraction of sp³-hybridized carbons (Fsp3) is 0.292. The van der Waals surface area contributed by atoms with Crippen LogP contribution in [0.3, 0.4) is 0 Å². The number of likely N-dealkylation sites (tertiary alicyclic amines) is 1. The summed E-state index contributed by atoms with van der Waals surface area (Å²) in [6.07, 6.45) is 5.25. The van der Waals surface area contributed by atoms with Crippen molar-refractivity contribution >= 4 is 28.4 Å². The summed E-state index contributed by atoms with van der Waals surface area (Å²) in [5, 5.41) is 0.952. The maximum Gasteiger partial charge on any atom is 0.272 e. The van der Waals surface area contributed by atoms with Crippen molar-refractivity contribution in [2.45, 2.75) is 32.4 Å². The van der Waals surface area contributed by atoms with E-state index in [2.05, 4.69) is 4.98 Å². The molecule has 2 N–H and O–H groups in total. The van der Waals surface area contributed by atoms with Gasteiger partial charge in [0.15, 0.2) is 0 Å². The van der Waals surface area contributed by atoms with Crippen LogP contribution in [0.2, 0.25) is 0 Å². The third-order valence-corrected chi connectivity index (χ3v) is 6.03. The van der Waals surface area contributed by atoms with Gasteiger partial charge in [-0.3, -0.25) is 14.0 Å². The summed E-state index contributed by atoms with van der Waals surface area (Å²) in [5.41, 5.74) is 8.41. The van der Waals surface area contributed by atoms with Gasteiger partial charge >= 0.3 is 0 Å². The first-order valence-electron chi connectivity index (χ1n) is 10.8. The molecule has 1 fully saturated rings. The molecule has 1 aliphatic rings. The van der Waals surface area contributed by atoms with Crippen molar-refractivity contribution in [3.05, 3.63) is 66.2 Å². The van der Waals surface area contributed by atoms with E-state index < -0.39 is 0 Å². The average molecular weight is 431 g/mol. The Morgan fingerprint density at radius 3 is 2.69 bits per heavy atom. The van der Waals surface area contributed by atoms with Crippen molar-refractivity contribution in [1.82, 2.24) is 18.9 Å². The highest BCUT2D eigenvalue weighted by Gasteiger charge is 2.28. The largest absolute Gasteiger partial charge is 0.490 e. The van der Waals surface area contributed by atoms with E-state index in [1.807, 2.05) is 75.6 Å². The van der Waals surface area contributed by atoms with Gasteiger partial charge in [0.05, 0.1) is 11.2 Å². The van der Waals surface area contributed by atoms with E-state index in [0.29, 0.717) is 18.8 Å². The molecule has 0 unspecified atom stereocenters. The Morgan fingerprint density at radius 1 is 1.09 bits per heavy atom. The maximum absolute atomic E-state index is 13.2. The lowest BCUT2D eigenvalue weighted by Gasteiger charge is -2.32. The minimum absolute atomic E-state index is 0.00489. The number of hydrogen-bond donors (Lipinski definition) is 1. The summed E-state index contributed by atoms with van der Waals surface area (Å²) < 4.78 is 10.00. The quantitative estimate of drug-likeness (QED) is 0.526. The molecule has 8 heteroatoms. The molecular weight excluding hydrogens is 406 g/mol. The van der Waals surface area contributed by atoms with Gasteiger partial charge in [0.25, 0.3) is 5.91 Å². The fourth-order valence-electron chi connectivity index (χ4n) is 4.48. The smallest absolute Gasteiger partial charge is 0.272 e. The number of rotatable bonds is 5. The lowest BCUT2D eigenvalue weighted by atomic mass is 10.1. The standard InChI is InChI=1S/C24H25N5O3/c1-16-23(29-11-3-2-7-22(29)26-16)24(31)27-12-8-17(9-13-27)32-20-6-4-5-19-18(20)10-14-28(19)15-21(25)30/h2-7,10-11,14,17H,8-9,12-13,15H2,1H3,(H2,25,30). The van der Waals surface area contributed by atoms with Crippen LogP contribution in [0.5, 0.6) is 5.75 Å². The van der Waals surface area contributed by atoms with E-state index in [1.165, 1.54) is 0 Å². The molecule has 32 heavy (non-hydrogen) atoms. The van der Waals surface area contributed by atoms with Crippen LogP contribution in [0.15, 0.2) is 54.9 Å². The van der Waals surface area contributed by atoms with Crippen LogP contribution < -0.4 is 10.5 Å². The number of piperidine rings is 1. The normalized spacial score (nSPS) is 14.8. The number of nitrogens with zero attached hydrogens (tertiary/aromatic N) is 4. The monoisotopic (exact) mass is 431 g/mol. The van der Waals surface area contributed by atoms with E-state index in [1.54, 1.807) is 0 Å². The number of imidazole rings is 1. The zero-order valence-corrected chi connectivity index (χ0v) is 17.9. The van der Waals surface area contributed by atoms with Crippen molar-refractivity contribution in [2.24, 2.45) is 5.73 Å². The number of nitrogens with two attached hydrogens (primary N) is 1. The molecule has 1 saturated heterocycles. The summed E-state index contributed by atoms with van der Waals surface area (Å²) >= 11 is 0. The van der Waals surface area contributed by atoms with Gasteiger partial charge in [0.1, 0.15) is 29.7 Å². The number of carbonyl (C=O) groups is 2. The number of carbonyl (C=O) groups excluding carboxylic acids is 2. The summed E-state index contributed by atoms with van der Waals surface area (Å²) in [6.45, 7) is 3.26. The molecule has 0 spiro atoms. The van der Waals surface area contributed by atoms with Gasteiger partial charge in [-0.1, -0.05) is 12.1 Å². The number of aryl methyl sites for hydroxylation is 1. The predicted octanol–water partition coefficient (Wildman–Crippen LogP) is 2.77. The number of hydrogen-bond acceptors (Lipinski definition) is 4. The van der Waals surface area contributed by atoms with Crippen LogP contribution >= 0.6 is 0 Å². The highest BCUT2D eigenvalue weighted by Crippen LogP contribution is 2.29. The summed E-state index contributed by atoms with van der Waals surface area (Å²) in [5.74, 6) is 0.408. The van der Waals surface area contributed by atoms with Crippen LogP contribution in [0.25, 0.3) is 16.6 Å². The first kappa shape index (κ1) is 20.1. The molecule has 2 amide bonds. The fourth-order valence-corrected chi connectivity index (χ4v) is 4.48. The van der Waals surface area contributed by atoms with Crippen molar-refractivity contribution in [3.8, 4) is 5.75 Å². The number of aromatic nitrogens is 3. The number of fused-ring (bicyclic) bond motifs is 2. The Hall–Kier alpha value is -3.81. The number of primary amides is 1. The van der Waals surface area contributed by atoms with Gasteiger partial charge in [0, 0.05) is 43.7 Å². The second-order valence-corrected chi connectivity index (χ2v) is 8.18. The molecule has 8 nitrogen and oxygen atoms in total. The highest BCUT2D eigenvalue weighted by molar-refractivity contribution is 5.94. The van der Waals surface area contributed by atoms with Gasteiger partial charge < -0.3 is 19.9 Å². The van der Waals surface area contributed by atoms with Crippen molar-refractivity contribution in [3.63, 3.8) is 0 Å². The first-order valence-corrected chi connectivity index (χ1v) is 10.8. The summed E-state index contributed by atoms with van der Waals surface area (Å²) in [4.78, 5) is 30.9. The van der Waals surface area contributed by atoms with Crippen LogP contribution in [0.1, 0.15) is 29.0 Å². The molecule has 5 rings (SSSR count). The minimum Gasteiger partial charge on any atom is -0.490 e. The van der Waals surface area contributed by atoms with E-state index in [4.69, 9.17) is 10.5 Å². The van der Waals surface area contributed by atoms with Gasteiger partial charge in [-0.2, -0.15) is 0 Å². The van der Waals surface area contributed by atoms with Crippen molar-refractivity contribution < 1.29 is 14.3 Å². The molecule has 0 bridgehead atoms. The topological polar surface area (TPSA) is 94.9 Å². The van der Waals surface area contributed by atoms with Gasteiger partial charge in [-0.15, -0.1) is 0 Å². The summed E-state index contributed by atoms with van der Waals surface area (Å²) in [6, 6.07) is 13.5. The van der Waals surface area contributed by atoms with E-state index in [-0.39, 0.29) is 24.5 Å². The zero-order valence-electron chi connectivity index (χ0n) is 17.9. The van der Waals surface area contributed by atoms with Crippen molar-refractivity contribution in [1.29, 1.82) is 0 Å². The second-order valence-electron chi connectivity index (χ2n) is 8.18.